The van der Waals surface area contributed by atoms with Gasteiger partial charge < -0.3 is 5.32 Å². The molecule has 0 aliphatic carbocycles. The smallest absolute Gasteiger partial charge is 0.323 e. The van der Waals surface area contributed by atoms with Crippen LogP contribution in [0.3, 0.4) is 0 Å². The number of anilines is 1. The van der Waals surface area contributed by atoms with Gasteiger partial charge in [0.1, 0.15) is 6.54 Å². The molecule has 1 fully saturated rings. The number of aryl methyl sites for hydroxylation is 1. The van der Waals surface area contributed by atoms with Gasteiger partial charge in [-0.1, -0.05) is 6.07 Å². The predicted molar refractivity (Wildman–Crippen MR) is 77.4 cm³/mol. The Bertz CT molecular complexity index is 659. The number of nitrogens with one attached hydrogen (secondary N) is 1. The molecular formula is C13H12BrN3O4. The first kappa shape index (κ1) is 15.2. The lowest BCUT2D eigenvalue weighted by molar-refractivity contribution is -0.143. The largest absolute Gasteiger partial charge is 0.334 e. The lowest BCUT2D eigenvalue weighted by Gasteiger charge is -2.13. The van der Waals surface area contributed by atoms with Crippen LogP contribution in [-0.4, -0.2) is 47.1 Å². The maximum absolute atomic E-state index is 11.9. The number of nitrogens with zero attached hydrogens (tertiary/aromatic N) is 2. The van der Waals surface area contributed by atoms with Crippen molar-refractivity contribution < 1.29 is 19.2 Å². The first-order chi connectivity index (χ1) is 9.81. The molecule has 2 rings (SSSR count). The Morgan fingerprint density at radius 2 is 1.90 bits per heavy atom. The summed E-state index contributed by atoms with van der Waals surface area (Å²) in [6, 6.07) is 4.52. The summed E-state index contributed by atoms with van der Waals surface area (Å²) in [5.74, 6) is -2.51. The first-order valence-corrected chi connectivity index (χ1v) is 6.80. The molecule has 110 valence electrons. The zero-order valence-corrected chi connectivity index (χ0v) is 12.9. The molecule has 1 saturated heterocycles. The number of amides is 5. The van der Waals surface area contributed by atoms with E-state index in [1.807, 2.05) is 19.1 Å². The second-order valence-corrected chi connectivity index (χ2v) is 5.42. The Balaban J connectivity index is 2.07. The number of urea groups is 1. The third-order valence-corrected chi connectivity index (χ3v) is 3.61. The molecule has 1 aliphatic rings. The highest BCUT2D eigenvalue weighted by Gasteiger charge is 2.42. The van der Waals surface area contributed by atoms with E-state index >= 15 is 0 Å². The van der Waals surface area contributed by atoms with Gasteiger partial charge in [-0.15, -0.1) is 0 Å². The van der Waals surface area contributed by atoms with Crippen LogP contribution in [0, 0.1) is 6.92 Å². The highest BCUT2D eigenvalue weighted by atomic mass is 79.9. The van der Waals surface area contributed by atoms with E-state index in [0.29, 0.717) is 20.0 Å². The van der Waals surface area contributed by atoms with Crippen molar-refractivity contribution in [2.24, 2.45) is 0 Å². The molecule has 1 heterocycles. The van der Waals surface area contributed by atoms with E-state index in [4.69, 9.17) is 0 Å². The van der Waals surface area contributed by atoms with Crippen molar-refractivity contribution in [3.05, 3.63) is 28.2 Å². The van der Waals surface area contributed by atoms with Crippen molar-refractivity contribution in [1.29, 1.82) is 0 Å². The molecule has 0 spiro atoms. The van der Waals surface area contributed by atoms with Crippen LogP contribution in [0.25, 0.3) is 0 Å². The standard InChI is InChI=1S/C13H12BrN3O4/c1-7-3-4-9(8(14)5-7)15-10(18)6-17-12(20)11(19)16(2)13(17)21/h3-5H,6H2,1-2H3,(H,15,18). The number of halogens is 1. The number of benzene rings is 1. The van der Waals surface area contributed by atoms with Gasteiger partial charge in [0, 0.05) is 11.5 Å². The number of carbonyl (C=O) groups excluding carboxylic acids is 4. The second kappa shape index (κ2) is 5.65. The predicted octanol–water partition coefficient (Wildman–Crippen LogP) is 1.12. The quantitative estimate of drug-likeness (QED) is 0.651. The molecule has 1 aromatic carbocycles. The number of carbonyl (C=O) groups is 4. The van der Waals surface area contributed by atoms with E-state index in [2.05, 4.69) is 21.2 Å². The number of imide groups is 2. The van der Waals surface area contributed by atoms with Crippen LogP contribution in [0.1, 0.15) is 5.56 Å². The van der Waals surface area contributed by atoms with E-state index in [1.165, 1.54) is 7.05 Å². The molecule has 0 bridgehead atoms. The minimum Gasteiger partial charge on any atom is -0.323 e. The average Bonchev–Trinajstić information content (AvgIpc) is 2.60. The van der Waals surface area contributed by atoms with Crippen LogP contribution in [0.2, 0.25) is 0 Å². The molecule has 0 radical (unpaired) electrons. The Hall–Kier alpha value is -2.22. The van der Waals surface area contributed by atoms with E-state index in [0.717, 1.165) is 5.56 Å². The zero-order valence-electron chi connectivity index (χ0n) is 11.3. The molecular weight excluding hydrogens is 342 g/mol. The third kappa shape index (κ3) is 2.94. The summed E-state index contributed by atoms with van der Waals surface area (Å²) in [5, 5.41) is 2.57. The lowest BCUT2D eigenvalue weighted by Crippen LogP contribution is -2.38. The highest BCUT2D eigenvalue weighted by molar-refractivity contribution is 9.10. The zero-order chi connectivity index (χ0) is 15.7. The Kier molecular flexibility index (Phi) is 4.08. The summed E-state index contributed by atoms with van der Waals surface area (Å²) in [5.41, 5.74) is 1.53. The van der Waals surface area contributed by atoms with Crippen LogP contribution in [-0.2, 0) is 14.4 Å². The molecule has 7 nitrogen and oxygen atoms in total. The summed E-state index contributed by atoms with van der Waals surface area (Å²) < 4.78 is 0.683. The lowest BCUT2D eigenvalue weighted by atomic mass is 10.2. The van der Waals surface area contributed by atoms with Crippen molar-refractivity contribution >= 4 is 45.4 Å². The molecule has 0 aromatic heterocycles. The van der Waals surface area contributed by atoms with Crippen molar-refractivity contribution in [1.82, 2.24) is 9.80 Å². The fourth-order valence-electron chi connectivity index (χ4n) is 1.81. The van der Waals surface area contributed by atoms with Crippen molar-refractivity contribution in [3.63, 3.8) is 0 Å². The second-order valence-electron chi connectivity index (χ2n) is 4.57. The molecule has 8 heteroatoms. The molecule has 0 saturated carbocycles. The number of rotatable bonds is 3. The maximum Gasteiger partial charge on any atom is 0.334 e. The van der Waals surface area contributed by atoms with Gasteiger partial charge in [0.05, 0.1) is 5.69 Å². The number of hydrogen-bond donors (Lipinski definition) is 1. The fraction of sp³-hybridized carbons (Fsp3) is 0.231. The molecule has 5 amide bonds. The summed E-state index contributed by atoms with van der Waals surface area (Å²) in [6.45, 7) is 1.40. The normalized spacial score (nSPS) is 14.9. The van der Waals surface area contributed by atoms with E-state index in [1.54, 1.807) is 6.07 Å². The molecule has 21 heavy (non-hydrogen) atoms. The van der Waals surface area contributed by atoms with Gasteiger partial charge in [-0.2, -0.15) is 0 Å². The summed E-state index contributed by atoms with van der Waals surface area (Å²) in [6.07, 6.45) is 0. The van der Waals surface area contributed by atoms with Gasteiger partial charge in [-0.3, -0.25) is 19.3 Å². The van der Waals surface area contributed by atoms with Crippen molar-refractivity contribution in [3.8, 4) is 0 Å². The monoisotopic (exact) mass is 353 g/mol. The highest BCUT2D eigenvalue weighted by Crippen LogP contribution is 2.23. The van der Waals surface area contributed by atoms with Crippen molar-refractivity contribution in [2.75, 3.05) is 18.9 Å². The minimum atomic E-state index is -0.999. The molecule has 0 atom stereocenters. The molecule has 1 N–H and O–H groups in total. The first-order valence-electron chi connectivity index (χ1n) is 6.00. The SMILES string of the molecule is Cc1ccc(NC(=O)CN2C(=O)C(=O)N(C)C2=O)c(Br)c1. The third-order valence-electron chi connectivity index (χ3n) is 2.95. The minimum absolute atomic E-state index is 0.506. The Morgan fingerprint density at radius 1 is 1.24 bits per heavy atom. The van der Waals surface area contributed by atoms with Gasteiger partial charge in [0.25, 0.3) is 0 Å². The van der Waals surface area contributed by atoms with Crippen LogP contribution in [0.15, 0.2) is 22.7 Å². The number of hydrogen-bond acceptors (Lipinski definition) is 4. The van der Waals surface area contributed by atoms with Crippen LogP contribution >= 0.6 is 15.9 Å². The van der Waals surface area contributed by atoms with Gasteiger partial charge in [-0.05, 0) is 40.5 Å². The van der Waals surface area contributed by atoms with E-state index in [-0.39, 0.29) is 0 Å². The van der Waals surface area contributed by atoms with Gasteiger partial charge >= 0.3 is 17.8 Å². The Morgan fingerprint density at radius 3 is 2.43 bits per heavy atom. The van der Waals surface area contributed by atoms with Gasteiger partial charge in [0.15, 0.2) is 0 Å². The maximum atomic E-state index is 11.9. The number of likely N-dealkylation sites (N-methyl/N-ethyl adjacent to an activating group) is 1. The van der Waals surface area contributed by atoms with Crippen LogP contribution in [0.4, 0.5) is 10.5 Å². The van der Waals surface area contributed by atoms with Gasteiger partial charge in [0.2, 0.25) is 5.91 Å². The van der Waals surface area contributed by atoms with Gasteiger partial charge in [-0.25, -0.2) is 9.69 Å². The topological polar surface area (TPSA) is 86.8 Å². The van der Waals surface area contributed by atoms with E-state index in [9.17, 15) is 19.2 Å². The molecule has 0 unspecified atom stereocenters. The fourth-order valence-corrected chi connectivity index (χ4v) is 2.40. The van der Waals surface area contributed by atoms with E-state index < -0.39 is 30.3 Å². The summed E-state index contributed by atoms with van der Waals surface area (Å²) in [4.78, 5) is 47.7. The molecule has 1 aromatic rings. The van der Waals surface area contributed by atoms with Crippen molar-refractivity contribution in [2.45, 2.75) is 6.92 Å². The summed E-state index contributed by atoms with van der Waals surface area (Å²) in [7, 11) is 1.19. The van der Waals surface area contributed by atoms with Crippen LogP contribution in [0.5, 0.6) is 0 Å². The van der Waals surface area contributed by atoms with Crippen LogP contribution < -0.4 is 5.32 Å². The molecule has 1 aliphatic heterocycles. The Labute approximate surface area is 129 Å². The summed E-state index contributed by atoms with van der Waals surface area (Å²) >= 11 is 3.31. The average molecular weight is 354 g/mol.